The molecule has 2 atom stereocenters. The molecular weight excluding hydrogens is 409 g/mol. The average molecular weight is 430 g/mol. The summed E-state index contributed by atoms with van der Waals surface area (Å²) in [5, 5.41) is 4.08. The number of hydrogen-bond donors (Lipinski definition) is 1. The minimum atomic E-state index is -0.274. The number of halogens is 1. The highest BCUT2D eigenvalue weighted by Crippen LogP contribution is 2.40. The maximum atomic E-state index is 14.7. The van der Waals surface area contributed by atoms with Crippen LogP contribution in [0.4, 0.5) is 4.39 Å². The maximum absolute atomic E-state index is 14.7. The standard InChI is InChI=1S/C24H20FN5S/c25-18-6-1-2-8-20(18)29-15-5-9-21(29)23-22(19-7-3-4-12-27-19)28-24(31)30(23)16-17-10-13-26-14-11-17/h1-15,22-23H,16H2,(H,28,31)/t22-,23-/m1/s1. The van der Waals surface area contributed by atoms with Crippen molar-refractivity contribution >= 4 is 17.3 Å². The molecule has 5 rings (SSSR count). The van der Waals surface area contributed by atoms with E-state index in [4.69, 9.17) is 12.2 Å². The Bertz CT molecular complexity index is 1190. The number of para-hydroxylation sites is 1. The molecular formula is C24H20FN5S. The number of thiocarbonyl (C=S) groups is 1. The van der Waals surface area contributed by atoms with Crippen LogP contribution in [0.2, 0.25) is 0 Å². The smallest absolute Gasteiger partial charge is 0.170 e. The highest BCUT2D eigenvalue weighted by atomic mass is 32.1. The Morgan fingerprint density at radius 2 is 1.74 bits per heavy atom. The first kappa shape index (κ1) is 19.4. The molecule has 4 aromatic rings. The minimum Gasteiger partial charge on any atom is -0.352 e. The zero-order chi connectivity index (χ0) is 21.2. The van der Waals surface area contributed by atoms with Gasteiger partial charge in [0.05, 0.1) is 23.5 Å². The molecule has 31 heavy (non-hydrogen) atoms. The Kier molecular flexibility index (Phi) is 5.18. The van der Waals surface area contributed by atoms with Crippen molar-refractivity contribution in [2.24, 2.45) is 0 Å². The van der Waals surface area contributed by atoms with Crippen LogP contribution in [0.25, 0.3) is 5.69 Å². The Balaban J connectivity index is 1.62. The number of nitrogens with one attached hydrogen (secondary N) is 1. The SMILES string of the molecule is Fc1ccccc1-n1cccc1[C@@H]1[C@@H](c2ccccn2)NC(=S)N1Cc1ccncc1. The summed E-state index contributed by atoms with van der Waals surface area (Å²) in [5.41, 5.74) is 3.41. The highest BCUT2D eigenvalue weighted by molar-refractivity contribution is 7.80. The predicted octanol–water partition coefficient (Wildman–Crippen LogP) is 4.58. The highest BCUT2D eigenvalue weighted by Gasteiger charge is 2.41. The van der Waals surface area contributed by atoms with Crippen LogP contribution in [0.5, 0.6) is 0 Å². The van der Waals surface area contributed by atoms with Gasteiger partial charge in [0.25, 0.3) is 0 Å². The minimum absolute atomic E-state index is 0.170. The molecule has 4 heterocycles. The van der Waals surface area contributed by atoms with Gasteiger partial charge in [0.1, 0.15) is 5.82 Å². The molecule has 0 aliphatic carbocycles. The molecule has 0 spiro atoms. The van der Waals surface area contributed by atoms with Crippen molar-refractivity contribution in [1.82, 2.24) is 24.8 Å². The van der Waals surface area contributed by atoms with Gasteiger partial charge in [0.15, 0.2) is 5.11 Å². The summed E-state index contributed by atoms with van der Waals surface area (Å²) in [7, 11) is 0. The second kappa shape index (κ2) is 8.28. The summed E-state index contributed by atoms with van der Waals surface area (Å²) in [4.78, 5) is 10.8. The average Bonchev–Trinajstić information content (AvgIpc) is 3.40. The molecule has 0 saturated carbocycles. The van der Waals surface area contributed by atoms with Crippen molar-refractivity contribution < 1.29 is 4.39 Å². The number of rotatable bonds is 5. The predicted molar refractivity (Wildman–Crippen MR) is 121 cm³/mol. The summed E-state index contributed by atoms with van der Waals surface area (Å²) in [6.45, 7) is 0.602. The van der Waals surface area contributed by atoms with E-state index in [1.807, 2.05) is 59.3 Å². The number of benzene rings is 1. The third-order valence-electron chi connectivity index (χ3n) is 5.50. The van der Waals surface area contributed by atoms with E-state index >= 15 is 0 Å². The Morgan fingerprint density at radius 1 is 0.935 bits per heavy atom. The van der Waals surface area contributed by atoms with Crippen molar-refractivity contribution in [3.05, 3.63) is 114 Å². The fraction of sp³-hybridized carbons (Fsp3) is 0.125. The van der Waals surface area contributed by atoms with Gasteiger partial charge in [-0.25, -0.2) is 4.39 Å². The van der Waals surface area contributed by atoms with E-state index < -0.39 is 0 Å². The summed E-state index contributed by atoms with van der Waals surface area (Å²) in [6.07, 6.45) is 7.21. The van der Waals surface area contributed by atoms with Crippen LogP contribution in [-0.2, 0) is 6.54 Å². The molecule has 1 saturated heterocycles. The molecule has 154 valence electrons. The Labute approximate surface area is 185 Å². The van der Waals surface area contributed by atoms with Crippen molar-refractivity contribution in [2.75, 3.05) is 0 Å². The first-order valence-corrected chi connectivity index (χ1v) is 10.4. The fourth-order valence-electron chi connectivity index (χ4n) is 4.08. The molecule has 1 aromatic carbocycles. The van der Waals surface area contributed by atoms with Crippen molar-refractivity contribution in [3.63, 3.8) is 0 Å². The lowest BCUT2D eigenvalue weighted by Gasteiger charge is -2.29. The summed E-state index contributed by atoms with van der Waals surface area (Å²) >= 11 is 5.74. The summed E-state index contributed by atoms with van der Waals surface area (Å²) in [5.74, 6) is -0.274. The van der Waals surface area contributed by atoms with Gasteiger partial charge in [-0.15, -0.1) is 0 Å². The monoisotopic (exact) mass is 429 g/mol. The molecule has 0 amide bonds. The molecule has 1 fully saturated rings. The first-order valence-electron chi connectivity index (χ1n) is 10.0. The van der Waals surface area contributed by atoms with Crippen molar-refractivity contribution in [1.29, 1.82) is 0 Å². The van der Waals surface area contributed by atoms with E-state index in [0.717, 1.165) is 17.0 Å². The summed E-state index contributed by atoms with van der Waals surface area (Å²) < 4.78 is 16.6. The van der Waals surface area contributed by atoms with Gasteiger partial charge in [0, 0.05) is 37.0 Å². The van der Waals surface area contributed by atoms with E-state index in [2.05, 4.69) is 20.2 Å². The van der Waals surface area contributed by atoms with Gasteiger partial charge in [0.2, 0.25) is 0 Å². The van der Waals surface area contributed by atoms with Gasteiger partial charge < -0.3 is 14.8 Å². The second-order valence-corrected chi connectivity index (χ2v) is 7.75. The van der Waals surface area contributed by atoms with Gasteiger partial charge in [-0.2, -0.15) is 0 Å². The number of nitrogens with zero attached hydrogens (tertiary/aromatic N) is 4. The van der Waals surface area contributed by atoms with Gasteiger partial charge in [-0.1, -0.05) is 18.2 Å². The molecule has 5 nitrogen and oxygen atoms in total. The Morgan fingerprint density at radius 3 is 2.52 bits per heavy atom. The fourth-order valence-corrected chi connectivity index (χ4v) is 4.39. The van der Waals surface area contributed by atoms with E-state index in [0.29, 0.717) is 17.3 Å². The molecule has 7 heteroatoms. The van der Waals surface area contributed by atoms with Crippen LogP contribution in [0.3, 0.4) is 0 Å². The van der Waals surface area contributed by atoms with E-state index in [-0.39, 0.29) is 17.9 Å². The van der Waals surface area contributed by atoms with Crippen molar-refractivity contribution in [3.8, 4) is 5.69 Å². The van der Waals surface area contributed by atoms with Crippen LogP contribution < -0.4 is 5.32 Å². The molecule has 0 unspecified atom stereocenters. The topological polar surface area (TPSA) is 46.0 Å². The normalized spacial score (nSPS) is 18.2. The van der Waals surface area contributed by atoms with Crippen LogP contribution in [-0.4, -0.2) is 24.5 Å². The van der Waals surface area contributed by atoms with E-state index in [9.17, 15) is 4.39 Å². The molecule has 1 N–H and O–H groups in total. The Hall–Kier alpha value is -3.58. The zero-order valence-electron chi connectivity index (χ0n) is 16.6. The third-order valence-corrected chi connectivity index (χ3v) is 5.85. The molecule has 0 radical (unpaired) electrons. The van der Waals surface area contributed by atoms with Crippen LogP contribution in [0.15, 0.2) is 91.5 Å². The quantitative estimate of drug-likeness (QED) is 0.471. The number of aromatic nitrogens is 3. The van der Waals surface area contributed by atoms with E-state index in [1.54, 1.807) is 30.7 Å². The lowest BCUT2D eigenvalue weighted by atomic mass is 10.0. The van der Waals surface area contributed by atoms with Gasteiger partial charge in [-0.05, 0) is 66.3 Å². The van der Waals surface area contributed by atoms with Gasteiger partial charge in [-0.3, -0.25) is 9.97 Å². The van der Waals surface area contributed by atoms with Crippen molar-refractivity contribution in [2.45, 2.75) is 18.6 Å². The lowest BCUT2D eigenvalue weighted by molar-refractivity contribution is 0.302. The van der Waals surface area contributed by atoms with Gasteiger partial charge >= 0.3 is 0 Å². The number of pyridine rings is 2. The second-order valence-electron chi connectivity index (χ2n) is 7.36. The van der Waals surface area contributed by atoms with E-state index in [1.165, 1.54) is 6.07 Å². The molecule has 0 bridgehead atoms. The van der Waals surface area contributed by atoms with Crippen LogP contribution in [0.1, 0.15) is 29.0 Å². The zero-order valence-corrected chi connectivity index (χ0v) is 17.4. The molecule has 1 aliphatic heterocycles. The first-order chi connectivity index (χ1) is 15.2. The molecule has 3 aromatic heterocycles. The lowest BCUT2D eigenvalue weighted by Crippen LogP contribution is -2.30. The molecule has 1 aliphatic rings. The maximum Gasteiger partial charge on any atom is 0.170 e. The van der Waals surface area contributed by atoms with Crippen LogP contribution >= 0.6 is 12.2 Å². The number of hydrogen-bond acceptors (Lipinski definition) is 3. The largest absolute Gasteiger partial charge is 0.352 e. The summed E-state index contributed by atoms with van der Waals surface area (Å²) in [6, 6.07) is 20.2. The third kappa shape index (κ3) is 3.68. The van der Waals surface area contributed by atoms with Crippen LogP contribution in [0, 0.1) is 5.82 Å².